The van der Waals surface area contributed by atoms with E-state index < -0.39 is 0 Å². The van der Waals surface area contributed by atoms with Crippen molar-refractivity contribution in [1.82, 2.24) is 10.2 Å². The van der Waals surface area contributed by atoms with Gasteiger partial charge in [-0.3, -0.25) is 4.90 Å². The van der Waals surface area contributed by atoms with Gasteiger partial charge in [-0.2, -0.15) is 0 Å². The summed E-state index contributed by atoms with van der Waals surface area (Å²) >= 11 is 0. The average Bonchev–Trinajstić information content (AvgIpc) is 2.35. The first kappa shape index (κ1) is 10.0. The van der Waals surface area contributed by atoms with Crippen LogP contribution in [0.15, 0.2) is 0 Å². The molecule has 0 aromatic rings. The Balaban J connectivity index is 2.35. The first-order chi connectivity index (χ1) is 5.54. The van der Waals surface area contributed by atoms with E-state index in [1.165, 1.54) is 19.5 Å². The third kappa shape index (κ3) is 2.46. The Morgan fingerprint density at radius 2 is 2.08 bits per heavy atom. The predicted molar refractivity (Wildman–Crippen MR) is 53.4 cm³/mol. The summed E-state index contributed by atoms with van der Waals surface area (Å²) < 4.78 is 0. The van der Waals surface area contributed by atoms with E-state index in [0.717, 1.165) is 12.6 Å². The minimum Gasteiger partial charge on any atom is -0.313 e. The summed E-state index contributed by atoms with van der Waals surface area (Å²) in [5.41, 5.74) is 0.351. The normalized spacial score (nSPS) is 26.5. The average molecular weight is 170 g/mol. The van der Waals surface area contributed by atoms with Crippen molar-refractivity contribution in [2.24, 2.45) is 0 Å². The van der Waals surface area contributed by atoms with E-state index >= 15 is 0 Å². The van der Waals surface area contributed by atoms with Crippen molar-refractivity contribution < 1.29 is 0 Å². The lowest BCUT2D eigenvalue weighted by Gasteiger charge is -2.31. The summed E-state index contributed by atoms with van der Waals surface area (Å²) in [6.07, 6.45) is 1.31. The number of nitrogens with one attached hydrogen (secondary N) is 1. The second-order valence-electron chi connectivity index (χ2n) is 4.66. The van der Waals surface area contributed by atoms with Crippen molar-refractivity contribution in [3.8, 4) is 0 Å². The molecule has 1 atom stereocenters. The van der Waals surface area contributed by atoms with Gasteiger partial charge < -0.3 is 5.32 Å². The lowest BCUT2D eigenvalue weighted by Crippen LogP contribution is -2.41. The standard InChI is InChI=1S/C10H22N2/c1-5-11-9-6-7-12(8-9)10(2,3)4/h9,11H,5-8H2,1-4H3. The van der Waals surface area contributed by atoms with Gasteiger partial charge in [0.2, 0.25) is 0 Å². The summed E-state index contributed by atoms with van der Waals surface area (Å²) in [6, 6.07) is 0.731. The van der Waals surface area contributed by atoms with Gasteiger partial charge >= 0.3 is 0 Å². The van der Waals surface area contributed by atoms with Crippen molar-refractivity contribution in [3.63, 3.8) is 0 Å². The lowest BCUT2D eigenvalue weighted by molar-refractivity contribution is 0.171. The van der Waals surface area contributed by atoms with Crippen molar-refractivity contribution in [2.45, 2.75) is 45.7 Å². The van der Waals surface area contributed by atoms with Gasteiger partial charge in [0, 0.05) is 24.7 Å². The molecule has 0 radical (unpaired) electrons. The fraction of sp³-hybridized carbons (Fsp3) is 1.00. The van der Waals surface area contributed by atoms with Crippen LogP contribution in [0.5, 0.6) is 0 Å². The fourth-order valence-corrected chi connectivity index (χ4v) is 1.82. The molecule has 0 aromatic carbocycles. The molecule has 1 heterocycles. The Bertz CT molecular complexity index is 137. The minimum atomic E-state index is 0.351. The number of nitrogens with zero attached hydrogens (tertiary/aromatic N) is 1. The number of likely N-dealkylation sites (N-methyl/N-ethyl adjacent to an activating group) is 1. The lowest BCUT2D eigenvalue weighted by atomic mass is 10.1. The highest BCUT2D eigenvalue weighted by Gasteiger charge is 2.29. The number of hydrogen-bond donors (Lipinski definition) is 1. The highest BCUT2D eigenvalue weighted by Crippen LogP contribution is 2.20. The molecule has 1 rings (SSSR count). The maximum atomic E-state index is 3.50. The van der Waals surface area contributed by atoms with Crippen LogP contribution in [0.25, 0.3) is 0 Å². The van der Waals surface area contributed by atoms with Gasteiger partial charge in [0.05, 0.1) is 0 Å². The van der Waals surface area contributed by atoms with Crippen LogP contribution in [-0.4, -0.2) is 36.1 Å². The quantitative estimate of drug-likeness (QED) is 0.675. The molecule has 2 heteroatoms. The van der Waals surface area contributed by atoms with Gasteiger partial charge in [-0.15, -0.1) is 0 Å². The highest BCUT2D eigenvalue weighted by molar-refractivity contribution is 4.87. The van der Waals surface area contributed by atoms with E-state index in [1.807, 2.05) is 0 Å². The molecule has 0 aliphatic carbocycles. The van der Waals surface area contributed by atoms with Crippen molar-refractivity contribution in [2.75, 3.05) is 19.6 Å². The van der Waals surface area contributed by atoms with Gasteiger partial charge in [-0.05, 0) is 33.7 Å². The van der Waals surface area contributed by atoms with Crippen LogP contribution in [0.2, 0.25) is 0 Å². The van der Waals surface area contributed by atoms with Gasteiger partial charge in [-0.1, -0.05) is 6.92 Å². The van der Waals surface area contributed by atoms with Crippen LogP contribution in [0.1, 0.15) is 34.1 Å². The molecule has 0 aromatic heterocycles. The van der Waals surface area contributed by atoms with E-state index in [4.69, 9.17) is 0 Å². The first-order valence-corrected chi connectivity index (χ1v) is 5.02. The summed E-state index contributed by atoms with van der Waals surface area (Å²) in [4.78, 5) is 2.56. The van der Waals surface area contributed by atoms with E-state index in [9.17, 15) is 0 Å². The molecule has 1 aliphatic rings. The smallest absolute Gasteiger partial charge is 0.0207 e. The van der Waals surface area contributed by atoms with E-state index in [1.54, 1.807) is 0 Å². The van der Waals surface area contributed by atoms with Crippen LogP contribution < -0.4 is 5.32 Å². The minimum absolute atomic E-state index is 0.351. The predicted octanol–water partition coefficient (Wildman–Crippen LogP) is 1.47. The van der Waals surface area contributed by atoms with Crippen molar-refractivity contribution >= 4 is 0 Å². The molecule has 12 heavy (non-hydrogen) atoms. The SMILES string of the molecule is CCNC1CCN(C(C)(C)C)C1. The summed E-state index contributed by atoms with van der Waals surface area (Å²) in [5, 5.41) is 3.50. The monoisotopic (exact) mass is 170 g/mol. The van der Waals surface area contributed by atoms with Crippen LogP contribution in [0, 0.1) is 0 Å². The van der Waals surface area contributed by atoms with Crippen LogP contribution in [-0.2, 0) is 0 Å². The Kier molecular flexibility index (Phi) is 3.13. The fourth-order valence-electron chi connectivity index (χ4n) is 1.82. The topological polar surface area (TPSA) is 15.3 Å². The first-order valence-electron chi connectivity index (χ1n) is 5.02. The summed E-state index contributed by atoms with van der Waals surface area (Å²) in [5.74, 6) is 0. The molecule has 0 bridgehead atoms. The van der Waals surface area contributed by atoms with Crippen molar-refractivity contribution in [1.29, 1.82) is 0 Å². The number of likely N-dealkylation sites (tertiary alicyclic amines) is 1. The number of rotatable bonds is 2. The largest absolute Gasteiger partial charge is 0.313 e. The highest BCUT2D eigenvalue weighted by atomic mass is 15.2. The molecule has 1 unspecified atom stereocenters. The van der Waals surface area contributed by atoms with Crippen LogP contribution in [0.4, 0.5) is 0 Å². The molecule has 1 fully saturated rings. The summed E-state index contributed by atoms with van der Waals surface area (Å²) in [6.45, 7) is 12.6. The maximum Gasteiger partial charge on any atom is 0.0207 e. The van der Waals surface area contributed by atoms with Gasteiger partial charge in [0.25, 0.3) is 0 Å². The molecule has 1 aliphatic heterocycles. The molecule has 1 saturated heterocycles. The van der Waals surface area contributed by atoms with Crippen LogP contribution in [0.3, 0.4) is 0 Å². The Morgan fingerprint density at radius 3 is 2.50 bits per heavy atom. The van der Waals surface area contributed by atoms with E-state index in [-0.39, 0.29) is 0 Å². The zero-order chi connectivity index (χ0) is 9.19. The zero-order valence-corrected chi connectivity index (χ0v) is 8.85. The maximum absolute atomic E-state index is 3.50. The molecule has 72 valence electrons. The van der Waals surface area contributed by atoms with Gasteiger partial charge in [-0.25, -0.2) is 0 Å². The van der Waals surface area contributed by atoms with Gasteiger partial charge in [0.1, 0.15) is 0 Å². The molecule has 0 spiro atoms. The third-order valence-electron chi connectivity index (χ3n) is 2.63. The zero-order valence-electron chi connectivity index (χ0n) is 8.85. The second kappa shape index (κ2) is 3.75. The molecule has 1 N–H and O–H groups in total. The Morgan fingerprint density at radius 1 is 1.42 bits per heavy atom. The molecular weight excluding hydrogens is 148 g/mol. The second-order valence-corrected chi connectivity index (χ2v) is 4.66. The van der Waals surface area contributed by atoms with Crippen molar-refractivity contribution in [3.05, 3.63) is 0 Å². The van der Waals surface area contributed by atoms with Gasteiger partial charge in [0.15, 0.2) is 0 Å². The van der Waals surface area contributed by atoms with Crippen LogP contribution >= 0.6 is 0 Å². The molecule has 0 saturated carbocycles. The van der Waals surface area contributed by atoms with E-state index in [0.29, 0.717) is 5.54 Å². The molecule has 2 nitrogen and oxygen atoms in total. The number of hydrogen-bond acceptors (Lipinski definition) is 2. The summed E-state index contributed by atoms with van der Waals surface area (Å²) in [7, 11) is 0. The third-order valence-corrected chi connectivity index (χ3v) is 2.63. The van der Waals surface area contributed by atoms with E-state index in [2.05, 4.69) is 37.9 Å². The Labute approximate surface area is 76.3 Å². The Hall–Kier alpha value is -0.0800. The molecular formula is C10H22N2. The molecule has 0 amide bonds.